The van der Waals surface area contributed by atoms with Crippen LogP contribution in [0.3, 0.4) is 0 Å². The zero-order chi connectivity index (χ0) is 9.84. The van der Waals surface area contributed by atoms with Crippen LogP contribution >= 0.6 is 0 Å². The molecule has 0 N–H and O–H groups in total. The summed E-state index contributed by atoms with van der Waals surface area (Å²) in [4.78, 5) is 14.8. The summed E-state index contributed by atoms with van der Waals surface area (Å²) in [6, 6.07) is 0. The Morgan fingerprint density at radius 2 is 2.00 bits per heavy atom. The summed E-state index contributed by atoms with van der Waals surface area (Å²) in [5.74, 6) is 0.698. The number of rotatable bonds is 4. The fraction of sp³-hybridized carbons (Fsp3) is 0.455. The fourth-order valence-electron chi connectivity index (χ4n) is 1.02. The second kappa shape index (κ2) is 4.17. The van der Waals surface area contributed by atoms with Crippen molar-refractivity contribution in [2.24, 2.45) is 10.9 Å². The first kappa shape index (κ1) is 9.90. The van der Waals surface area contributed by atoms with Gasteiger partial charge in [-0.25, -0.2) is 0 Å². The van der Waals surface area contributed by atoms with Crippen LogP contribution in [-0.4, -0.2) is 12.5 Å². The number of nitrogens with zero attached hydrogens (tertiary/aromatic N) is 1. The van der Waals surface area contributed by atoms with E-state index in [0.29, 0.717) is 5.92 Å². The number of hydrogen-bond acceptors (Lipinski definition) is 2. The molecule has 0 aromatic carbocycles. The molecule has 0 unspecified atom stereocenters. The smallest absolute Gasteiger partial charge is 0.155 e. The van der Waals surface area contributed by atoms with Crippen LogP contribution in [0.15, 0.2) is 28.4 Å². The summed E-state index contributed by atoms with van der Waals surface area (Å²) in [5.41, 5.74) is 1.78. The average molecular weight is 177 g/mol. The highest BCUT2D eigenvalue weighted by Gasteiger charge is 2.24. The average Bonchev–Trinajstić information content (AvgIpc) is 2.88. The summed E-state index contributed by atoms with van der Waals surface area (Å²) < 4.78 is 0. The maximum Gasteiger partial charge on any atom is 0.155 e. The number of Topliss-reactive ketones (excluding diaryl/α,β-unsaturated/α-hetero) is 1. The molecule has 0 bridgehead atoms. The van der Waals surface area contributed by atoms with Gasteiger partial charge in [-0.3, -0.25) is 9.79 Å². The minimum Gasteiger partial charge on any atom is -0.295 e. The molecule has 0 aliphatic heterocycles. The van der Waals surface area contributed by atoms with Gasteiger partial charge in [-0.15, -0.1) is 0 Å². The molecular formula is C11H15NO. The molecule has 0 atom stereocenters. The molecule has 0 radical (unpaired) electrons. The Bertz CT molecular complexity index is 282. The molecule has 1 aliphatic rings. The van der Waals surface area contributed by atoms with Crippen molar-refractivity contribution in [1.82, 2.24) is 0 Å². The molecule has 1 aliphatic carbocycles. The van der Waals surface area contributed by atoms with Gasteiger partial charge in [0.25, 0.3) is 0 Å². The maximum absolute atomic E-state index is 10.9. The molecular weight excluding hydrogens is 162 g/mol. The number of aliphatic imine (C=N–C) groups is 1. The molecule has 0 amide bonds. The quantitative estimate of drug-likeness (QED) is 0.368. The zero-order valence-electron chi connectivity index (χ0n) is 8.21. The van der Waals surface area contributed by atoms with Gasteiger partial charge in [-0.2, -0.15) is 0 Å². The van der Waals surface area contributed by atoms with Crippen molar-refractivity contribution >= 4 is 12.5 Å². The Hall–Kier alpha value is -1.18. The minimum atomic E-state index is 0.107. The largest absolute Gasteiger partial charge is 0.295 e. The van der Waals surface area contributed by atoms with Gasteiger partial charge in [0, 0.05) is 11.6 Å². The summed E-state index contributed by atoms with van der Waals surface area (Å²) in [6.07, 6.45) is 6.14. The Labute approximate surface area is 79.1 Å². The normalized spacial score (nSPS) is 18.6. The number of carbonyl (C=O) groups excluding carboxylic acids is 1. The minimum absolute atomic E-state index is 0.107. The van der Waals surface area contributed by atoms with Crippen LogP contribution in [0.5, 0.6) is 0 Å². The lowest BCUT2D eigenvalue weighted by Crippen LogP contribution is -1.90. The van der Waals surface area contributed by atoms with E-state index in [1.807, 2.05) is 19.1 Å². The van der Waals surface area contributed by atoms with E-state index in [0.717, 1.165) is 11.3 Å². The van der Waals surface area contributed by atoms with Crippen LogP contribution in [0.1, 0.15) is 26.7 Å². The van der Waals surface area contributed by atoms with Crippen molar-refractivity contribution in [3.8, 4) is 0 Å². The van der Waals surface area contributed by atoms with Crippen LogP contribution in [0, 0.1) is 5.92 Å². The van der Waals surface area contributed by atoms with Crippen LogP contribution in [0.4, 0.5) is 0 Å². The van der Waals surface area contributed by atoms with E-state index < -0.39 is 0 Å². The van der Waals surface area contributed by atoms with E-state index in [1.165, 1.54) is 12.8 Å². The lowest BCUT2D eigenvalue weighted by Gasteiger charge is -1.95. The van der Waals surface area contributed by atoms with Gasteiger partial charge >= 0.3 is 0 Å². The first-order valence-corrected chi connectivity index (χ1v) is 4.51. The van der Waals surface area contributed by atoms with Crippen molar-refractivity contribution in [3.05, 3.63) is 23.4 Å². The lowest BCUT2D eigenvalue weighted by molar-refractivity contribution is -0.113. The van der Waals surface area contributed by atoms with Crippen molar-refractivity contribution in [1.29, 1.82) is 0 Å². The van der Waals surface area contributed by atoms with Crippen molar-refractivity contribution in [2.75, 3.05) is 0 Å². The van der Waals surface area contributed by atoms with E-state index in [1.54, 1.807) is 6.92 Å². The van der Waals surface area contributed by atoms with Gasteiger partial charge in [0.2, 0.25) is 0 Å². The number of carbonyl (C=O) groups is 1. The molecule has 13 heavy (non-hydrogen) atoms. The molecule has 1 fully saturated rings. The maximum atomic E-state index is 10.9. The molecule has 0 aromatic heterocycles. The summed E-state index contributed by atoms with van der Waals surface area (Å²) in [5, 5.41) is 0. The van der Waals surface area contributed by atoms with Gasteiger partial charge in [-0.1, -0.05) is 6.08 Å². The first-order chi connectivity index (χ1) is 6.15. The Kier molecular flexibility index (Phi) is 3.18. The third-order valence-electron chi connectivity index (χ3n) is 2.24. The Morgan fingerprint density at radius 3 is 2.38 bits per heavy atom. The van der Waals surface area contributed by atoms with Crippen LogP contribution in [0.25, 0.3) is 0 Å². The Balaban J connectivity index is 2.67. The second-order valence-corrected chi connectivity index (χ2v) is 3.43. The van der Waals surface area contributed by atoms with Crippen LogP contribution in [0.2, 0.25) is 0 Å². The topological polar surface area (TPSA) is 29.4 Å². The van der Waals surface area contributed by atoms with E-state index in [-0.39, 0.29) is 5.78 Å². The monoisotopic (exact) mass is 177 g/mol. The number of allylic oxidation sites excluding steroid dienone is 4. The standard InChI is InChI=1S/C11H15NO/c1-8(9(2)13)4-7-11(12-3)10-5-6-10/h4,7,10H,3,5-6H2,1-2H3/b8-4+,11-7-. The van der Waals surface area contributed by atoms with Crippen molar-refractivity contribution in [2.45, 2.75) is 26.7 Å². The molecule has 2 heteroatoms. The summed E-state index contributed by atoms with van der Waals surface area (Å²) in [6.45, 7) is 6.89. The summed E-state index contributed by atoms with van der Waals surface area (Å²) in [7, 11) is 0. The van der Waals surface area contributed by atoms with Gasteiger partial charge in [0.05, 0.1) is 0 Å². The number of ketones is 1. The number of hydrogen-bond donors (Lipinski definition) is 0. The van der Waals surface area contributed by atoms with Crippen LogP contribution < -0.4 is 0 Å². The molecule has 0 aromatic rings. The van der Waals surface area contributed by atoms with E-state index in [9.17, 15) is 4.79 Å². The zero-order valence-corrected chi connectivity index (χ0v) is 8.21. The Morgan fingerprint density at radius 1 is 1.38 bits per heavy atom. The highest BCUT2D eigenvalue weighted by molar-refractivity contribution is 5.92. The summed E-state index contributed by atoms with van der Waals surface area (Å²) >= 11 is 0. The highest BCUT2D eigenvalue weighted by atomic mass is 16.1. The second-order valence-electron chi connectivity index (χ2n) is 3.43. The lowest BCUT2D eigenvalue weighted by atomic mass is 10.2. The third kappa shape index (κ3) is 2.98. The van der Waals surface area contributed by atoms with Crippen molar-refractivity contribution < 1.29 is 4.79 Å². The van der Waals surface area contributed by atoms with Gasteiger partial charge in [-0.05, 0) is 45.1 Å². The predicted octanol–water partition coefficient (Wildman–Crippen LogP) is 2.52. The van der Waals surface area contributed by atoms with Gasteiger partial charge < -0.3 is 0 Å². The highest BCUT2D eigenvalue weighted by Crippen LogP contribution is 2.36. The molecule has 0 spiro atoms. The van der Waals surface area contributed by atoms with Gasteiger partial charge in [0.15, 0.2) is 5.78 Å². The van der Waals surface area contributed by atoms with E-state index in [2.05, 4.69) is 11.7 Å². The molecule has 2 nitrogen and oxygen atoms in total. The third-order valence-corrected chi connectivity index (χ3v) is 2.24. The molecule has 1 saturated carbocycles. The fourth-order valence-corrected chi connectivity index (χ4v) is 1.02. The molecule has 1 rings (SSSR count). The predicted molar refractivity (Wildman–Crippen MR) is 54.8 cm³/mol. The van der Waals surface area contributed by atoms with E-state index in [4.69, 9.17) is 0 Å². The molecule has 0 heterocycles. The first-order valence-electron chi connectivity index (χ1n) is 4.51. The van der Waals surface area contributed by atoms with E-state index >= 15 is 0 Å². The SMILES string of the molecule is C=N/C(=C\C=C(/C)C(C)=O)C1CC1. The molecule has 70 valence electrons. The van der Waals surface area contributed by atoms with Gasteiger partial charge in [0.1, 0.15) is 0 Å². The molecule has 0 saturated heterocycles. The van der Waals surface area contributed by atoms with Crippen LogP contribution in [-0.2, 0) is 4.79 Å². The van der Waals surface area contributed by atoms with Crippen molar-refractivity contribution in [3.63, 3.8) is 0 Å².